The standard InChI is InChI=1S/C18H30N2O/c1-15-5-6-16(21-15)13-20(2)18(14-19)11-9-17(10-12-18)7-3-4-8-17/h5-6H,3-4,7-14,19H2,1-2H3. The molecule has 3 rings (SSSR count). The van der Waals surface area contributed by atoms with Crippen molar-refractivity contribution in [1.82, 2.24) is 4.90 Å². The van der Waals surface area contributed by atoms with Gasteiger partial charge in [-0.25, -0.2) is 0 Å². The molecule has 2 saturated carbocycles. The quantitative estimate of drug-likeness (QED) is 0.916. The fourth-order valence-electron chi connectivity index (χ4n) is 4.58. The van der Waals surface area contributed by atoms with Crippen molar-refractivity contribution in [3.63, 3.8) is 0 Å². The van der Waals surface area contributed by atoms with Gasteiger partial charge in [-0.15, -0.1) is 0 Å². The molecule has 1 heterocycles. The van der Waals surface area contributed by atoms with Crippen LogP contribution < -0.4 is 5.73 Å². The zero-order valence-electron chi connectivity index (χ0n) is 13.7. The summed E-state index contributed by atoms with van der Waals surface area (Å²) in [5, 5.41) is 0. The van der Waals surface area contributed by atoms with Crippen molar-refractivity contribution in [2.24, 2.45) is 11.1 Å². The number of furan rings is 1. The van der Waals surface area contributed by atoms with Crippen molar-refractivity contribution in [2.45, 2.75) is 70.4 Å². The zero-order valence-corrected chi connectivity index (χ0v) is 13.7. The first-order chi connectivity index (χ1) is 10.1. The lowest BCUT2D eigenvalue weighted by Gasteiger charge is -2.49. The van der Waals surface area contributed by atoms with Crippen LogP contribution in [0.15, 0.2) is 16.5 Å². The highest BCUT2D eigenvalue weighted by atomic mass is 16.3. The Morgan fingerprint density at radius 3 is 2.29 bits per heavy atom. The van der Waals surface area contributed by atoms with Crippen molar-refractivity contribution >= 4 is 0 Å². The van der Waals surface area contributed by atoms with E-state index in [9.17, 15) is 0 Å². The van der Waals surface area contributed by atoms with Gasteiger partial charge in [0.1, 0.15) is 11.5 Å². The Labute approximate surface area is 128 Å². The van der Waals surface area contributed by atoms with Crippen LogP contribution >= 0.6 is 0 Å². The Kier molecular flexibility index (Phi) is 4.15. The summed E-state index contributed by atoms with van der Waals surface area (Å²) >= 11 is 0. The van der Waals surface area contributed by atoms with E-state index in [0.717, 1.165) is 24.6 Å². The molecular formula is C18H30N2O. The molecule has 2 aliphatic rings. The van der Waals surface area contributed by atoms with Crippen LogP contribution in [0.2, 0.25) is 0 Å². The topological polar surface area (TPSA) is 42.4 Å². The highest BCUT2D eigenvalue weighted by Crippen LogP contribution is 2.52. The van der Waals surface area contributed by atoms with Crippen molar-refractivity contribution in [2.75, 3.05) is 13.6 Å². The number of rotatable bonds is 4. The Morgan fingerprint density at radius 1 is 1.10 bits per heavy atom. The summed E-state index contributed by atoms with van der Waals surface area (Å²) in [6.07, 6.45) is 11.0. The molecule has 1 spiro atoms. The van der Waals surface area contributed by atoms with E-state index >= 15 is 0 Å². The summed E-state index contributed by atoms with van der Waals surface area (Å²) in [6, 6.07) is 4.14. The van der Waals surface area contributed by atoms with Crippen molar-refractivity contribution in [3.8, 4) is 0 Å². The van der Waals surface area contributed by atoms with E-state index in [2.05, 4.69) is 18.0 Å². The van der Waals surface area contributed by atoms with Gasteiger partial charge >= 0.3 is 0 Å². The number of likely N-dealkylation sites (N-methyl/N-ethyl adjacent to an activating group) is 1. The smallest absolute Gasteiger partial charge is 0.118 e. The fraction of sp³-hybridized carbons (Fsp3) is 0.778. The number of hydrogen-bond acceptors (Lipinski definition) is 3. The van der Waals surface area contributed by atoms with Crippen molar-refractivity contribution in [3.05, 3.63) is 23.7 Å². The van der Waals surface area contributed by atoms with E-state index in [1.165, 1.54) is 51.4 Å². The number of aryl methyl sites for hydroxylation is 1. The predicted octanol–water partition coefficient (Wildman–Crippen LogP) is 3.85. The summed E-state index contributed by atoms with van der Waals surface area (Å²) < 4.78 is 5.75. The summed E-state index contributed by atoms with van der Waals surface area (Å²) in [7, 11) is 2.22. The lowest BCUT2D eigenvalue weighted by molar-refractivity contribution is 0.0221. The maximum atomic E-state index is 6.21. The second-order valence-electron chi connectivity index (χ2n) is 7.50. The molecule has 0 saturated heterocycles. The van der Waals surface area contributed by atoms with Crippen molar-refractivity contribution < 1.29 is 4.42 Å². The molecule has 2 N–H and O–H groups in total. The highest BCUT2D eigenvalue weighted by molar-refractivity contribution is 5.07. The summed E-state index contributed by atoms with van der Waals surface area (Å²) in [5.74, 6) is 2.05. The predicted molar refractivity (Wildman–Crippen MR) is 86.1 cm³/mol. The molecule has 0 radical (unpaired) electrons. The summed E-state index contributed by atoms with van der Waals surface area (Å²) in [5.41, 5.74) is 7.06. The van der Waals surface area contributed by atoms with Gasteiger partial charge in [-0.1, -0.05) is 12.8 Å². The molecule has 0 aliphatic heterocycles. The van der Waals surface area contributed by atoms with Gasteiger partial charge < -0.3 is 10.2 Å². The molecule has 0 bridgehead atoms. The number of nitrogens with zero attached hydrogens (tertiary/aromatic N) is 1. The third-order valence-electron chi connectivity index (χ3n) is 6.28. The lowest BCUT2D eigenvalue weighted by Crippen LogP contribution is -2.54. The van der Waals surface area contributed by atoms with Crippen LogP contribution in [0.25, 0.3) is 0 Å². The third-order valence-corrected chi connectivity index (χ3v) is 6.28. The molecule has 0 unspecified atom stereocenters. The van der Waals surface area contributed by atoms with Gasteiger partial charge in [-0.05, 0) is 70.0 Å². The first-order valence-electron chi connectivity index (χ1n) is 8.54. The number of hydrogen-bond donors (Lipinski definition) is 1. The summed E-state index contributed by atoms with van der Waals surface area (Å²) in [4.78, 5) is 2.45. The molecule has 2 fully saturated rings. The van der Waals surface area contributed by atoms with Crippen LogP contribution in [0.1, 0.15) is 62.9 Å². The van der Waals surface area contributed by atoms with Crippen LogP contribution in [0, 0.1) is 12.3 Å². The monoisotopic (exact) mass is 290 g/mol. The maximum absolute atomic E-state index is 6.21. The van der Waals surface area contributed by atoms with Crippen LogP contribution in [0.5, 0.6) is 0 Å². The van der Waals surface area contributed by atoms with E-state index in [1.807, 2.05) is 13.0 Å². The summed E-state index contributed by atoms with van der Waals surface area (Å²) in [6.45, 7) is 3.64. The fourth-order valence-corrected chi connectivity index (χ4v) is 4.58. The van der Waals surface area contributed by atoms with Crippen molar-refractivity contribution in [1.29, 1.82) is 0 Å². The van der Waals surface area contributed by atoms with E-state index in [-0.39, 0.29) is 5.54 Å². The maximum Gasteiger partial charge on any atom is 0.118 e. The molecule has 3 nitrogen and oxygen atoms in total. The highest BCUT2D eigenvalue weighted by Gasteiger charge is 2.45. The molecule has 118 valence electrons. The largest absolute Gasteiger partial charge is 0.465 e. The van der Waals surface area contributed by atoms with Gasteiger partial charge in [0.05, 0.1) is 6.54 Å². The molecule has 2 aliphatic carbocycles. The minimum absolute atomic E-state index is 0.175. The van der Waals surface area contributed by atoms with Crippen LogP contribution in [-0.4, -0.2) is 24.0 Å². The van der Waals surface area contributed by atoms with Gasteiger partial charge in [0.15, 0.2) is 0 Å². The van der Waals surface area contributed by atoms with Crippen LogP contribution in [0.3, 0.4) is 0 Å². The minimum Gasteiger partial charge on any atom is -0.465 e. The SMILES string of the molecule is Cc1ccc(CN(C)C2(CN)CCC3(CCCC3)CC2)o1. The minimum atomic E-state index is 0.175. The van der Waals surface area contributed by atoms with E-state index in [0.29, 0.717) is 5.41 Å². The van der Waals surface area contributed by atoms with Gasteiger partial charge in [0.2, 0.25) is 0 Å². The Balaban J connectivity index is 1.66. The average molecular weight is 290 g/mol. The van der Waals surface area contributed by atoms with Gasteiger partial charge in [-0.2, -0.15) is 0 Å². The van der Waals surface area contributed by atoms with Crippen LogP contribution in [-0.2, 0) is 6.54 Å². The average Bonchev–Trinajstić information content (AvgIpc) is 3.10. The molecule has 3 heteroatoms. The lowest BCUT2D eigenvalue weighted by atomic mass is 9.66. The number of nitrogens with two attached hydrogens (primary N) is 1. The van der Waals surface area contributed by atoms with Gasteiger partial charge in [0.25, 0.3) is 0 Å². The second-order valence-corrected chi connectivity index (χ2v) is 7.50. The molecule has 0 atom stereocenters. The van der Waals surface area contributed by atoms with Gasteiger partial charge in [-0.3, -0.25) is 4.90 Å². The molecule has 0 amide bonds. The molecule has 1 aromatic rings. The first kappa shape index (κ1) is 15.1. The van der Waals surface area contributed by atoms with E-state index in [4.69, 9.17) is 10.2 Å². The zero-order chi connectivity index (χ0) is 14.9. The Morgan fingerprint density at radius 2 is 1.76 bits per heavy atom. The first-order valence-corrected chi connectivity index (χ1v) is 8.54. The van der Waals surface area contributed by atoms with E-state index in [1.54, 1.807) is 0 Å². The molecule has 1 aromatic heterocycles. The van der Waals surface area contributed by atoms with Gasteiger partial charge in [0, 0.05) is 12.1 Å². The van der Waals surface area contributed by atoms with E-state index < -0.39 is 0 Å². The molecule has 21 heavy (non-hydrogen) atoms. The normalized spacial score (nSPS) is 24.0. The molecule has 0 aromatic carbocycles. The Hall–Kier alpha value is -0.800. The third kappa shape index (κ3) is 2.91. The Bertz CT molecular complexity index is 463. The van der Waals surface area contributed by atoms with Crippen LogP contribution in [0.4, 0.5) is 0 Å². The molecular weight excluding hydrogens is 260 g/mol. The second kappa shape index (κ2) is 5.77.